The zero-order valence-electron chi connectivity index (χ0n) is 17.3. The summed E-state index contributed by atoms with van der Waals surface area (Å²) in [5.41, 5.74) is 3.46. The number of aromatic nitrogens is 4. The Hall–Kier alpha value is -3.39. The van der Waals surface area contributed by atoms with Crippen molar-refractivity contribution in [3.63, 3.8) is 0 Å². The molecule has 0 saturated heterocycles. The van der Waals surface area contributed by atoms with Crippen LogP contribution in [0.15, 0.2) is 59.7 Å². The summed E-state index contributed by atoms with van der Waals surface area (Å²) in [5.74, 6) is 1.01. The summed E-state index contributed by atoms with van der Waals surface area (Å²) in [5, 5.41) is 4.07. The molecule has 4 rings (SSSR count). The van der Waals surface area contributed by atoms with E-state index in [0.29, 0.717) is 29.2 Å². The molecule has 3 N–H and O–H groups in total. The van der Waals surface area contributed by atoms with Crippen LogP contribution in [0.5, 0.6) is 0 Å². The summed E-state index contributed by atoms with van der Waals surface area (Å²) < 4.78 is 0. The lowest BCUT2D eigenvalue weighted by atomic mass is 10.1. The minimum Gasteiger partial charge on any atom is -0.351 e. The van der Waals surface area contributed by atoms with E-state index in [9.17, 15) is 9.59 Å². The van der Waals surface area contributed by atoms with Crippen LogP contribution >= 0.6 is 11.8 Å². The highest BCUT2D eigenvalue weighted by atomic mass is 32.2. The lowest BCUT2D eigenvalue weighted by Crippen LogP contribution is -2.31. The largest absolute Gasteiger partial charge is 0.351 e. The van der Waals surface area contributed by atoms with Gasteiger partial charge in [-0.3, -0.25) is 14.6 Å². The maximum atomic E-state index is 13.0. The number of nitrogens with one attached hydrogen (secondary N) is 3. The number of amides is 1. The average Bonchev–Trinajstić information content (AvgIpc) is 3.23. The highest BCUT2D eigenvalue weighted by Crippen LogP contribution is 2.22. The Morgan fingerprint density at radius 3 is 2.81 bits per heavy atom. The first-order valence-electron chi connectivity index (χ1n) is 9.95. The van der Waals surface area contributed by atoms with Crippen molar-refractivity contribution in [3.05, 3.63) is 82.2 Å². The molecule has 0 saturated carbocycles. The fourth-order valence-corrected chi connectivity index (χ4v) is 3.96. The van der Waals surface area contributed by atoms with Crippen molar-refractivity contribution in [1.29, 1.82) is 0 Å². The number of carbonyl (C=O) groups is 1. The van der Waals surface area contributed by atoms with Gasteiger partial charge in [0.15, 0.2) is 0 Å². The molecule has 3 heterocycles. The zero-order valence-corrected chi connectivity index (χ0v) is 18.1. The zero-order chi connectivity index (χ0) is 21.8. The number of aromatic amines is 2. The summed E-state index contributed by atoms with van der Waals surface area (Å²) in [4.78, 5) is 40.0. The fourth-order valence-electron chi connectivity index (χ4n) is 3.49. The van der Waals surface area contributed by atoms with E-state index in [1.165, 1.54) is 6.07 Å². The van der Waals surface area contributed by atoms with E-state index in [0.717, 1.165) is 22.2 Å². The molecule has 3 aromatic heterocycles. The van der Waals surface area contributed by atoms with E-state index >= 15 is 0 Å². The molecule has 4 aromatic rings. The van der Waals surface area contributed by atoms with Crippen molar-refractivity contribution in [3.8, 4) is 11.4 Å². The minimum absolute atomic E-state index is 0.230. The average molecular weight is 434 g/mol. The first-order valence-corrected chi connectivity index (χ1v) is 11.3. The van der Waals surface area contributed by atoms with E-state index in [-0.39, 0.29) is 11.5 Å². The molecule has 0 aliphatic heterocycles. The Kier molecular flexibility index (Phi) is 6.18. The van der Waals surface area contributed by atoms with Gasteiger partial charge in [0, 0.05) is 34.9 Å². The quantitative estimate of drug-likeness (QED) is 0.411. The maximum Gasteiger partial charge on any atom is 0.268 e. The minimum atomic E-state index is -0.398. The number of aryl methyl sites for hydroxylation is 1. The van der Waals surface area contributed by atoms with Gasteiger partial charge in [-0.1, -0.05) is 12.1 Å². The molecule has 31 heavy (non-hydrogen) atoms. The van der Waals surface area contributed by atoms with Crippen LogP contribution in [0.1, 0.15) is 34.2 Å². The number of rotatable bonds is 7. The number of H-pyrrole nitrogens is 2. The third-order valence-electron chi connectivity index (χ3n) is 5.10. The Morgan fingerprint density at radius 1 is 1.19 bits per heavy atom. The third-order valence-corrected chi connectivity index (χ3v) is 5.74. The van der Waals surface area contributed by atoms with Gasteiger partial charge in [-0.2, -0.15) is 11.8 Å². The number of hydrogen-bond donors (Lipinski definition) is 3. The maximum absolute atomic E-state index is 13.0. The monoisotopic (exact) mass is 433 g/mol. The van der Waals surface area contributed by atoms with Gasteiger partial charge in [0.05, 0.1) is 11.7 Å². The first kappa shape index (κ1) is 20.9. The first-order chi connectivity index (χ1) is 15.0. The van der Waals surface area contributed by atoms with Gasteiger partial charge in [0.2, 0.25) is 0 Å². The van der Waals surface area contributed by atoms with E-state index in [2.05, 4.69) is 25.3 Å². The number of nitrogens with zero attached hydrogens (tertiary/aromatic N) is 2. The van der Waals surface area contributed by atoms with Gasteiger partial charge in [-0.05, 0) is 55.2 Å². The van der Waals surface area contributed by atoms with Crippen LogP contribution < -0.4 is 10.9 Å². The summed E-state index contributed by atoms with van der Waals surface area (Å²) in [6, 6.07) is 12.4. The Balaban J connectivity index is 1.65. The molecule has 158 valence electrons. The van der Waals surface area contributed by atoms with Gasteiger partial charge < -0.3 is 15.3 Å². The predicted octanol–water partition coefficient (Wildman–Crippen LogP) is 3.85. The molecular weight excluding hydrogens is 410 g/mol. The molecule has 0 aliphatic rings. The van der Waals surface area contributed by atoms with Crippen molar-refractivity contribution in [2.24, 2.45) is 0 Å². The molecule has 8 heteroatoms. The molecule has 1 amide bonds. The second-order valence-electron chi connectivity index (χ2n) is 7.29. The summed E-state index contributed by atoms with van der Waals surface area (Å²) in [7, 11) is 0. The van der Waals surface area contributed by atoms with Crippen molar-refractivity contribution in [1.82, 2.24) is 25.3 Å². The van der Waals surface area contributed by atoms with E-state index < -0.39 is 6.04 Å². The second kappa shape index (κ2) is 9.18. The molecule has 0 bridgehead atoms. The number of pyridine rings is 1. The van der Waals surface area contributed by atoms with Crippen LogP contribution in [0.4, 0.5) is 0 Å². The molecule has 0 aliphatic carbocycles. The predicted molar refractivity (Wildman–Crippen MR) is 124 cm³/mol. The molecule has 0 radical (unpaired) electrons. The molecule has 1 unspecified atom stereocenters. The number of carbonyl (C=O) groups excluding carboxylic acids is 1. The van der Waals surface area contributed by atoms with E-state index in [4.69, 9.17) is 0 Å². The van der Waals surface area contributed by atoms with Crippen LogP contribution in [0.25, 0.3) is 22.3 Å². The summed E-state index contributed by atoms with van der Waals surface area (Å²) >= 11 is 1.68. The van der Waals surface area contributed by atoms with E-state index in [1.54, 1.807) is 30.2 Å². The molecular formula is C23H23N5O2S. The van der Waals surface area contributed by atoms with Crippen molar-refractivity contribution in [2.75, 3.05) is 12.0 Å². The molecule has 0 fully saturated rings. The van der Waals surface area contributed by atoms with Crippen LogP contribution in [0, 0.1) is 6.92 Å². The second-order valence-corrected chi connectivity index (χ2v) is 8.27. The lowest BCUT2D eigenvalue weighted by Gasteiger charge is -2.18. The number of benzene rings is 1. The normalized spacial score (nSPS) is 12.1. The van der Waals surface area contributed by atoms with Gasteiger partial charge in [0.1, 0.15) is 11.5 Å². The highest BCUT2D eigenvalue weighted by molar-refractivity contribution is 7.98. The summed E-state index contributed by atoms with van der Waals surface area (Å²) in [6.45, 7) is 2.01. The molecule has 0 spiro atoms. The molecule has 1 atom stereocenters. The van der Waals surface area contributed by atoms with Crippen LogP contribution in [0.2, 0.25) is 0 Å². The molecule has 1 aromatic carbocycles. The van der Waals surface area contributed by atoms with Crippen molar-refractivity contribution >= 4 is 28.6 Å². The lowest BCUT2D eigenvalue weighted by molar-refractivity contribution is 0.0930. The third kappa shape index (κ3) is 4.69. The fraction of sp³-hybridized carbons (Fsp3) is 0.217. The smallest absolute Gasteiger partial charge is 0.268 e. The van der Waals surface area contributed by atoms with E-state index in [1.807, 2.05) is 43.5 Å². The van der Waals surface area contributed by atoms with Crippen LogP contribution in [-0.4, -0.2) is 37.9 Å². The highest BCUT2D eigenvalue weighted by Gasteiger charge is 2.20. The Bertz CT molecular complexity index is 1270. The SMILES string of the molecule is CSCCC(NC(=O)c1cc2c(C)cccc2[nH]1)c1cc(=O)[nH]c(-c2cccnc2)n1. The van der Waals surface area contributed by atoms with Gasteiger partial charge in [0.25, 0.3) is 11.5 Å². The van der Waals surface area contributed by atoms with Gasteiger partial charge in [-0.15, -0.1) is 0 Å². The van der Waals surface area contributed by atoms with Crippen molar-refractivity contribution in [2.45, 2.75) is 19.4 Å². The van der Waals surface area contributed by atoms with Gasteiger partial charge >= 0.3 is 0 Å². The topological polar surface area (TPSA) is 104 Å². The summed E-state index contributed by atoms with van der Waals surface area (Å²) in [6.07, 6.45) is 5.96. The number of thioether (sulfide) groups is 1. The standard InChI is InChI=1S/C23H23N5O2S/c1-14-5-3-7-17-16(14)11-20(25-17)23(30)27-18(8-10-31-2)19-12-21(29)28-22(26-19)15-6-4-9-24-13-15/h3-7,9,11-13,18,25H,8,10H2,1-2H3,(H,27,30)(H,26,28,29). The van der Waals surface area contributed by atoms with Crippen LogP contribution in [-0.2, 0) is 0 Å². The Morgan fingerprint density at radius 2 is 2.06 bits per heavy atom. The number of hydrogen-bond acceptors (Lipinski definition) is 5. The Labute approximate surface area is 183 Å². The molecule has 7 nitrogen and oxygen atoms in total. The van der Waals surface area contributed by atoms with Gasteiger partial charge in [-0.25, -0.2) is 4.98 Å². The number of fused-ring (bicyclic) bond motifs is 1. The van der Waals surface area contributed by atoms with Crippen molar-refractivity contribution < 1.29 is 4.79 Å². The van der Waals surface area contributed by atoms with Crippen LogP contribution in [0.3, 0.4) is 0 Å².